The molecule has 7 nitrogen and oxygen atoms in total. The molecule has 0 aromatic heterocycles. The van der Waals surface area contributed by atoms with Gasteiger partial charge in [-0.05, 0) is 12.8 Å². The minimum Gasteiger partial charge on any atom is -0.380 e. The van der Waals surface area contributed by atoms with Gasteiger partial charge >= 0.3 is 0 Å². The molecule has 0 aliphatic carbocycles. The summed E-state index contributed by atoms with van der Waals surface area (Å²) in [7, 11) is 0. The standard InChI is InChI=1S/C25H50N2O5/c1-9-14-30-16-12-26(22(4)28)18-24(5,6)20-32-21-25(7,8)19-27(23(29)11-3)13-17-31-15-10-2/h9-21H2,1-8H3. The molecule has 0 atom stereocenters. The lowest BCUT2D eigenvalue weighted by molar-refractivity contribution is -0.134. The molecule has 0 aromatic carbocycles. The van der Waals surface area contributed by atoms with Crippen LogP contribution >= 0.6 is 0 Å². The Bertz CT molecular complexity index is 522. The molecular formula is C25H50N2O5. The predicted octanol–water partition coefficient (Wildman–Crippen LogP) is 4.00. The number of ether oxygens (including phenoxy) is 3. The van der Waals surface area contributed by atoms with Crippen molar-refractivity contribution in [2.75, 3.05) is 65.8 Å². The van der Waals surface area contributed by atoms with Crippen molar-refractivity contribution < 1.29 is 23.8 Å². The summed E-state index contributed by atoms with van der Waals surface area (Å²) in [6, 6.07) is 0. The SMILES string of the molecule is CCCOCCN(CC(C)(C)COCC(C)(C)CN(CCOCCC)C(=O)CC)C(C)=O. The molecule has 32 heavy (non-hydrogen) atoms. The maximum atomic E-state index is 12.4. The van der Waals surface area contributed by atoms with Crippen molar-refractivity contribution >= 4 is 11.8 Å². The van der Waals surface area contributed by atoms with Gasteiger partial charge in [-0.3, -0.25) is 9.59 Å². The minimum atomic E-state index is -0.181. The highest BCUT2D eigenvalue weighted by Gasteiger charge is 2.28. The fourth-order valence-corrected chi connectivity index (χ4v) is 3.43. The molecule has 0 fully saturated rings. The molecule has 0 saturated heterocycles. The zero-order valence-corrected chi connectivity index (χ0v) is 22.1. The van der Waals surface area contributed by atoms with Gasteiger partial charge in [0.2, 0.25) is 11.8 Å². The van der Waals surface area contributed by atoms with Gasteiger partial charge in [-0.25, -0.2) is 0 Å². The van der Waals surface area contributed by atoms with E-state index in [1.807, 2.05) is 16.7 Å². The number of amides is 2. The first-order chi connectivity index (χ1) is 15.0. The lowest BCUT2D eigenvalue weighted by Crippen LogP contribution is -2.44. The van der Waals surface area contributed by atoms with E-state index in [2.05, 4.69) is 41.5 Å². The number of carbonyl (C=O) groups is 2. The zero-order valence-electron chi connectivity index (χ0n) is 22.1. The molecule has 0 aromatic rings. The van der Waals surface area contributed by atoms with Crippen molar-refractivity contribution in [2.45, 2.75) is 74.7 Å². The first kappa shape index (κ1) is 30.8. The lowest BCUT2D eigenvalue weighted by atomic mass is 9.92. The number of nitrogens with zero attached hydrogens (tertiary/aromatic N) is 2. The lowest BCUT2D eigenvalue weighted by Gasteiger charge is -2.35. The first-order valence-corrected chi connectivity index (χ1v) is 12.2. The molecule has 0 heterocycles. The van der Waals surface area contributed by atoms with E-state index in [9.17, 15) is 9.59 Å². The van der Waals surface area contributed by atoms with E-state index in [0.29, 0.717) is 59.0 Å². The van der Waals surface area contributed by atoms with Crippen LogP contribution < -0.4 is 0 Å². The van der Waals surface area contributed by atoms with Crippen LogP contribution in [0.4, 0.5) is 0 Å². The molecule has 0 unspecified atom stereocenters. The summed E-state index contributed by atoms with van der Waals surface area (Å²) in [5.74, 6) is 0.193. The quantitative estimate of drug-likeness (QED) is 0.274. The molecule has 0 spiro atoms. The van der Waals surface area contributed by atoms with Crippen molar-refractivity contribution in [2.24, 2.45) is 10.8 Å². The Morgan fingerprint density at radius 2 is 1.12 bits per heavy atom. The topological polar surface area (TPSA) is 68.3 Å². The summed E-state index contributed by atoms with van der Waals surface area (Å²) in [6.07, 6.45) is 2.44. The largest absolute Gasteiger partial charge is 0.380 e. The van der Waals surface area contributed by atoms with Crippen LogP contribution in [0.25, 0.3) is 0 Å². The summed E-state index contributed by atoms with van der Waals surface area (Å²) in [5, 5.41) is 0. The van der Waals surface area contributed by atoms with Gasteiger partial charge in [-0.15, -0.1) is 0 Å². The van der Waals surface area contributed by atoms with Crippen molar-refractivity contribution in [3.05, 3.63) is 0 Å². The van der Waals surface area contributed by atoms with Crippen molar-refractivity contribution in [3.63, 3.8) is 0 Å². The van der Waals surface area contributed by atoms with E-state index in [0.717, 1.165) is 26.1 Å². The highest BCUT2D eigenvalue weighted by atomic mass is 16.5. The second-order valence-electron chi connectivity index (χ2n) is 10.2. The maximum Gasteiger partial charge on any atom is 0.222 e. The van der Waals surface area contributed by atoms with Gasteiger partial charge in [0, 0.05) is 63.6 Å². The van der Waals surface area contributed by atoms with Crippen LogP contribution in [0.1, 0.15) is 74.7 Å². The number of hydrogen-bond acceptors (Lipinski definition) is 5. The van der Waals surface area contributed by atoms with E-state index < -0.39 is 0 Å². The average molecular weight is 459 g/mol. The van der Waals surface area contributed by atoms with Gasteiger partial charge in [0.15, 0.2) is 0 Å². The van der Waals surface area contributed by atoms with Crippen LogP contribution in [-0.4, -0.2) is 87.4 Å². The summed E-state index contributed by atoms with van der Waals surface area (Å²) in [5.41, 5.74) is -0.362. The molecular weight excluding hydrogens is 408 g/mol. The summed E-state index contributed by atoms with van der Waals surface area (Å²) in [6.45, 7) is 22.2. The Kier molecular flexibility index (Phi) is 15.8. The third-order valence-electron chi connectivity index (χ3n) is 5.03. The second-order valence-corrected chi connectivity index (χ2v) is 10.2. The molecule has 0 saturated carbocycles. The molecule has 0 aliphatic heterocycles. The van der Waals surface area contributed by atoms with Crippen LogP contribution in [0.3, 0.4) is 0 Å². The van der Waals surface area contributed by atoms with Gasteiger partial charge in [0.1, 0.15) is 0 Å². The Morgan fingerprint density at radius 3 is 1.53 bits per heavy atom. The van der Waals surface area contributed by atoms with Gasteiger partial charge in [0.05, 0.1) is 26.4 Å². The summed E-state index contributed by atoms with van der Waals surface area (Å²) < 4.78 is 17.2. The Hall–Kier alpha value is -1.18. The molecule has 0 radical (unpaired) electrons. The molecule has 0 bridgehead atoms. The van der Waals surface area contributed by atoms with E-state index in [4.69, 9.17) is 14.2 Å². The zero-order chi connectivity index (χ0) is 24.6. The van der Waals surface area contributed by atoms with Crippen molar-refractivity contribution in [1.29, 1.82) is 0 Å². The Balaban J connectivity index is 4.65. The summed E-state index contributed by atoms with van der Waals surface area (Å²) >= 11 is 0. The van der Waals surface area contributed by atoms with Gasteiger partial charge in [-0.1, -0.05) is 48.5 Å². The monoisotopic (exact) mass is 458 g/mol. The normalized spacial score (nSPS) is 12.1. The van der Waals surface area contributed by atoms with E-state index >= 15 is 0 Å². The molecule has 0 rings (SSSR count). The molecule has 0 N–H and O–H groups in total. The number of hydrogen-bond donors (Lipinski definition) is 0. The first-order valence-electron chi connectivity index (χ1n) is 12.2. The Labute approximate surface area is 197 Å². The van der Waals surface area contributed by atoms with E-state index in [-0.39, 0.29) is 22.6 Å². The highest BCUT2D eigenvalue weighted by Crippen LogP contribution is 2.22. The van der Waals surface area contributed by atoms with Gasteiger partial charge in [-0.2, -0.15) is 0 Å². The van der Waals surface area contributed by atoms with Crippen LogP contribution in [0.5, 0.6) is 0 Å². The van der Waals surface area contributed by atoms with E-state index in [1.54, 1.807) is 6.92 Å². The van der Waals surface area contributed by atoms with Crippen LogP contribution in [0.2, 0.25) is 0 Å². The van der Waals surface area contributed by atoms with Gasteiger partial charge < -0.3 is 24.0 Å². The predicted molar refractivity (Wildman–Crippen MR) is 130 cm³/mol. The number of carbonyl (C=O) groups excluding carboxylic acids is 2. The smallest absolute Gasteiger partial charge is 0.222 e. The van der Waals surface area contributed by atoms with Crippen molar-refractivity contribution in [1.82, 2.24) is 9.80 Å². The fraction of sp³-hybridized carbons (Fsp3) is 0.920. The maximum absolute atomic E-state index is 12.4. The average Bonchev–Trinajstić information content (AvgIpc) is 2.71. The van der Waals surface area contributed by atoms with Crippen LogP contribution in [-0.2, 0) is 23.8 Å². The summed E-state index contributed by atoms with van der Waals surface area (Å²) in [4.78, 5) is 28.1. The molecule has 0 aliphatic rings. The third kappa shape index (κ3) is 14.8. The van der Waals surface area contributed by atoms with E-state index in [1.165, 1.54) is 0 Å². The van der Waals surface area contributed by atoms with Gasteiger partial charge in [0.25, 0.3) is 0 Å². The van der Waals surface area contributed by atoms with Crippen LogP contribution in [0, 0.1) is 10.8 Å². The number of rotatable bonds is 19. The highest BCUT2D eigenvalue weighted by molar-refractivity contribution is 5.75. The fourth-order valence-electron chi connectivity index (χ4n) is 3.43. The minimum absolute atomic E-state index is 0.0533. The Morgan fingerprint density at radius 1 is 0.688 bits per heavy atom. The second kappa shape index (κ2) is 16.4. The molecule has 7 heteroatoms. The van der Waals surface area contributed by atoms with Crippen LogP contribution in [0.15, 0.2) is 0 Å². The molecule has 2 amide bonds. The van der Waals surface area contributed by atoms with Crippen molar-refractivity contribution in [3.8, 4) is 0 Å². The molecule has 190 valence electrons. The third-order valence-corrected chi connectivity index (χ3v) is 5.03.